The van der Waals surface area contributed by atoms with Gasteiger partial charge in [-0.2, -0.15) is 0 Å². The molecule has 0 aliphatic heterocycles. The highest BCUT2D eigenvalue weighted by Crippen LogP contribution is 2.21. The minimum atomic E-state index is -0.451. The number of benzene rings is 1. The Morgan fingerprint density at radius 3 is 2.56 bits per heavy atom. The Kier molecular flexibility index (Phi) is 5.03. The van der Waals surface area contributed by atoms with Crippen molar-refractivity contribution in [3.05, 3.63) is 28.8 Å². The summed E-state index contributed by atoms with van der Waals surface area (Å²) in [5.41, 5.74) is 0.500. The maximum absolute atomic E-state index is 11.5. The van der Waals surface area contributed by atoms with Crippen LogP contribution in [0.5, 0.6) is 5.75 Å². The molecule has 1 aromatic rings. The van der Waals surface area contributed by atoms with Crippen LogP contribution in [0.3, 0.4) is 0 Å². The summed E-state index contributed by atoms with van der Waals surface area (Å²) in [6, 6.07) is 5.38. The molecule has 0 saturated carbocycles. The highest BCUT2D eigenvalue weighted by molar-refractivity contribution is 6.30. The molecule has 0 aliphatic rings. The van der Waals surface area contributed by atoms with Crippen LogP contribution in [0, 0.1) is 6.92 Å². The molecular formula is C14H19ClO3. The number of aryl methyl sites for hydroxylation is 1. The summed E-state index contributed by atoms with van der Waals surface area (Å²) in [5.74, 6) is 0.483. The Morgan fingerprint density at radius 1 is 1.33 bits per heavy atom. The van der Waals surface area contributed by atoms with Crippen molar-refractivity contribution in [1.29, 1.82) is 0 Å². The van der Waals surface area contributed by atoms with E-state index in [1.165, 1.54) is 0 Å². The molecule has 100 valence electrons. The molecular weight excluding hydrogens is 252 g/mol. The van der Waals surface area contributed by atoms with Gasteiger partial charge in [-0.05, 0) is 51.5 Å². The van der Waals surface area contributed by atoms with Crippen LogP contribution in [-0.2, 0) is 9.53 Å². The van der Waals surface area contributed by atoms with E-state index < -0.39 is 5.60 Å². The third-order valence-electron chi connectivity index (χ3n) is 2.12. The van der Waals surface area contributed by atoms with Crippen LogP contribution >= 0.6 is 11.6 Å². The lowest BCUT2D eigenvalue weighted by molar-refractivity contribution is -0.155. The molecule has 0 fully saturated rings. The van der Waals surface area contributed by atoms with Crippen molar-refractivity contribution in [3.8, 4) is 5.75 Å². The van der Waals surface area contributed by atoms with Crippen molar-refractivity contribution in [1.82, 2.24) is 0 Å². The van der Waals surface area contributed by atoms with E-state index in [0.717, 1.165) is 11.3 Å². The average Bonchev–Trinajstić information content (AvgIpc) is 2.18. The zero-order chi connectivity index (χ0) is 13.8. The molecule has 0 atom stereocenters. The van der Waals surface area contributed by atoms with Gasteiger partial charge >= 0.3 is 5.97 Å². The first kappa shape index (κ1) is 14.8. The lowest BCUT2D eigenvalue weighted by Crippen LogP contribution is -2.24. The summed E-state index contributed by atoms with van der Waals surface area (Å²) in [5, 5.41) is 0.673. The van der Waals surface area contributed by atoms with E-state index in [1.54, 1.807) is 12.1 Å². The Labute approximate surface area is 113 Å². The van der Waals surface area contributed by atoms with Crippen LogP contribution in [0.25, 0.3) is 0 Å². The SMILES string of the molecule is Cc1cc(Cl)ccc1OCCC(=O)OC(C)(C)C. The van der Waals surface area contributed by atoms with Gasteiger partial charge in [0.15, 0.2) is 0 Å². The average molecular weight is 271 g/mol. The molecule has 1 rings (SSSR count). The first-order valence-electron chi connectivity index (χ1n) is 5.89. The van der Waals surface area contributed by atoms with Crippen LogP contribution in [0.2, 0.25) is 5.02 Å². The molecule has 1 aromatic carbocycles. The Bertz CT molecular complexity index is 422. The van der Waals surface area contributed by atoms with Gasteiger partial charge in [0.2, 0.25) is 0 Å². The van der Waals surface area contributed by atoms with Gasteiger partial charge in [0.05, 0.1) is 13.0 Å². The predicted molar refractivity (Wildman–Crippen MR) is 72.1 cm³/mol. The van der Waals surface area contributed by atoms with E-state index in [1.807, 2.05) is 33.8 Å². The minimum Gasteiger partial charge on any atom is -0.493 e. The number of halogens is 1. The van der Waals surface area contributed by atoms with E-state index in [4.69, 9.17) is 21.1 Å². The topological polar surface area (TPSA) is 35.5 Å². The molecule has 18 heavy (non-hydrogen) atoms. The molecule has 0 N–H and O–H groups in total. The van der Waals surface area contributed by atoms with E-state index in [9.17, 15) is 4.79 Å². The number of esters is 1. The molecule has 0 unspecified atom stereocenters. The monoisotopic (exact) mass is 270 g/mol. The van der Waals surface area contributed by atoms with Crippen LogP contribution in [0.4, 0.5) is 0 Å². The molecule has 0 aromatic heterocycles. The molecule has 0 bridgehead atoms. The van der Waals surface area contributed by atoms with Gasteiger partial charge in [-0.1, -0.05) is 11.6 Å². The molecule has 0 spiro atoms. The third kappa shape index (κ3) is 5.41. The molecule has 4 heteroatoms. The quantitative estimate of drug-likeness (QED) is 0.782. The van der Waals surface area contributed by atoms with Crippen molar-refractivity contribution < 1.29 is 14.3 Å². The van der Waals surface area contributed by atoms with Gasteiger partial charge in [-0.3, -0.25) is 4.79 Å². The molecule has 0 heterocycles. The summed E-state index contributed by atoms with van der Waals surface area (Å²) < 4.78 is 10.7. The van der Waals surface area contributed by atoms with Crippen LogP contribution in [0.1, 0.15) is 32.8 Å². The van der Waals surface area contributed by atoms with Gasteiger partial charge in [0.1, 0.15) is 11.4 Å². The minimum absolute atomic E-state index is 0.235. The number of hydrogen-bond acceptors (Lipinski definition) is 3. The van der Waals surface area contributed by atoms with Gasteiger partial charge in [0.25, 0.3) is 0 Å². The second-order valence-electron chi connectivity index (χ2n) is 5.09. The smallest absolute Gasteiger partial charge is 0.309 e. The second-order valence-corrected chi connectivity index (χ2v) is 5.53. The molecule has 0 aliphatic carbocycles. The van der Waals surface area contributed by atoms with Gasteiger partial charge < -0.3 is 9.47 Å². The fraction of sp³-hybridized carbons (Fsp3) is 0.500. The normalized spacial score (nSPS) is 11.2. The Morgan fingerprint density at radius 2 is 2.00 bits per heavy atom. The zero-order valence-electron chi connectivity index (χ0n) is 11.2. The number of ether oxygens (including phenoxy) is 2. The van der Waals surface area contributed by atoms with E-state index >= 15 is 0 Å². The van der Waals surface area contributed by atoms with Crippen molar-refractivity contribution in [2.24, 2.45) is 0 Å². The predicted octanol–water partition coefficient (Wildman–Crippen LogP) is 3.76. The van der Waals surface area contributed by atoms with Crippen molar-refractivity contribution in [2.45, 2.75) is 39.7 Å². The zero-order valence-corrected chi connectivity index (χ0v) is 12.0. The first-order chi connectivity index (χ1) is 8.28. The van der Waals surface area contributed by atoms with Crippen LogP contribution < -0.4 is 4.74 Å². The third-order valence-corrected chi connectivity index (χ3v) is 2.36. The molecule has 3 nitrogen and oxygen atoms in total. The molecule has 0 radical (unpaired) electrons. The Hall–Kier alpha value is -1.22. The highest BCUT2D eigenvalue weighted by Gasteiger charge is 2.16. The van der Waals surface area contributed by atoms with Crippen molar-refractivity contribution in [2.75, 3.05) is 6.61 Å². The number of rotatable bonds is 4. The summed E-state index contributed by atoms with van der Waals surface area (Å²) >= 11 is 5.84. The maximum Gasteiger partial charge on any atom is 0.309 e. The van der Waals surface area contributed by atoms with Crippen LogP contribution in [-0.4, -0.2) is 18.2 Å². The van der Waals surface area contributed by atoms with Gasteiger partial charge in [0, 0.05) is 5.02 Å². The second kappa shape index (κ2) is 6.10. The van der Waals surface area contributed by atoms with Crippen molar-refractivity contribution >= 4 is 17.6 Å². The van der Waals surface area contributed by atoms with E-state index in [-0.39, 0.29) is 12.4 Å². The largest absolute Gasteiger partial charge is 0.493 e. The van der Waals surface area contributed by atoms with Crippen LogP contribution in [0.15, 0.2) is 18.2 Å². The van der Waals surface area contributed by atoms with E-state index in [0.29, 0.717) is 11.6 Å². The standard InChI is InChI=1S/C14H19ClO3/c1-10-9-11(15)5-6-12(10)17-8-7-13(16)18-14(2,3)4/h5-6,9H,7-8H2,1-4H3. The van der Waals surface area contributed by atoms with E-state index in [2.05, 4.69) is 0 Å². The summed E-state index contributed by atoms with van der Waals surface area (Å²) in [7, 11) is 0. The summed E-state index contributed by atoms with van der Waals surface area (Å²) in [4.78, 5) is 11.5. The number of carbonyl (C=O) groups is 1. The maximum atomic E-state index is 11.5. The van der Waals surface area contributed by atoms with Gasteiger partial charge in [-0.25, -0.2) is 0 Å². The first-order valence-corrected chi connectivity index (χ1v) is 6.26. The number of carbonyl (C=O) groups excluding carboxylic acids is 1. The summed E-state index contributed by atoms with van der Waals surface area (Å²) in [6.45, 7) is 7.74. The Balaban J connectivity index is 2.40. The lowest BCUT2D eigenvalue weighted by Gasteiger charge is -2.19. The number of hydrogen-bond donors (Lipinski definition) is 0. The molecule has 0 amide bonds. The molecule has 0 saturated heterocycles. The van der Waals surface area contributed by atoms with Crippen molar-refractivity contribution in [3.63, 3.8) is 0 Å². The lowest BCUT2D eigenvalue weighted by atomic mass is 10.2. The summed E-state index contributed by atoms with van der Waals surface area (Å²) in [6.07, 6.45) is 0.235. The fourth-order valence-corrected chi connectivity index (χ4v) is 1.64. The fourth-order valence-electron chi connectivity index (χ4n) is 1.41. The highest BCUT2D eigenvalue weighted by atomic mass is 35.5. The van der Waals surface area contributed by atoms with Gasteiger partial charge in [-0.15, -0.1) is 0 Å².